The number of para-hydroxylation sites is 2. The zero-order valence-corrected chi connectivity index (χ0v) is 17.8. The molecule has 0 bridgehead atoms. The SMILES string of the molecule is C=C[Si](OCc1ccccc1[N+](=O)[O-])(OCc1ccccc1[N+](=O)[O-])c1ccc(F)cc1. The van der Waals surface area contributed by atoms with E-state index in [4.69, 9.17) is 8.85 Å². The molecule has 0 aliphatic heterocycles. The summed E-state index contributed by atoms with van der Waals surface area (Å²) in [6.45, 7) is 3.50. The predicted molar refractivity (Wildman–Crippen MR) is 118 cm³/mol. The molecule has 0 N–H and O–H groups in total. The number of halogens is 1. The van der Waals surface area contributed by atoms with Gasteiger partial charge in [-0.15, -0.1) is 6.58 Å². The highest BCUT2D eigenvalue weighted by Crippen LogP contribution is 2.24. The van der Waals surface area contributed by atoms with E-state index in [2.05, 4.69) is 6.58 Å². The average Bonchev–Trinajstić information content (AvgIpc) is 2.80. The van der Waals surface area contributed by atoms with E-state index < -0.39 is 24.2 Å². The third-order valence-corrected chi connectivity index (χ3v) is 7.60. The van der Waals surface area contributed by atoms with Crippen molar-refractivity contribution < 1.29 is 23.1 Å². The minimum atomic E-state index is -3.50. The summed E-state index contributed by atoms with van der Waals surface area (Å²) < 4.78 is 25.7. The van der Waals surface area contributed by atoms with Crippen molar-refractivity contribution in [3.8, 4) is 0 Å². The third kappa shape index (κ3) is 5.11. The zero-order valence-electron chi connectivity index (χ0n) is 16.8. The number of nitro groups is 2. The van der Waals surface area contributed by atoms with Gasteiger partial charge in [-0.25, -0.2) is 4.39 Å². The molecule has 32 heavy (non-hydrogen) atoms. The standard InChI is InChI=1S/C22H19FN2O6Si/c1-2-32(20-13-11-19(23)12-14-20,30-15-17-7-3-5-9-21(17)24(26)27)31-16-18-8-4-6-10-22(18)25(28)29/h2-14H,1,15-16H2. The van der Waals surface area contributed by atoms with Gasteiger partial charge < -0.3 is 8.85 Å². The molecule has 0 radical (unpaired) electrons. The van der Waals surface area contributed by atoms with Gasteiger partial charge in [0.1, 0.15) is 5.82 Å². The largest absolute Gasteiger partial charge is 0.399 e. The molecule has 0 unspecified atom stereocenters. The lowest BCUT2D eigenvalue weighted by Crippen LogP contribution is -2.52. The fourth-order valence-corrected chi connectivity index (χ4v) is 5.38. The maximum atomic E-state index is 13.5. The van der Waals surface area contributed by atoms with Crippen molar-refractivity contribution in [2.24, 2.45) is 0 Å². The molecule has 10 heteroatoms. The molecule has 0 aromatic heterocycles. The molecule has 0 aliphatic rings. The van der Waals surface area contributed by atoms with Crippen molar-refractivity contribution >= 4 is 25.1 Å². The summed E-state index contributed by atoms with van der Waals surface area (Å²) in [4.78, 5) is 21.7. The molecular formula is C22H19FN2O6Si. The normalized spacial score (nSPS) is 11.2. The van der Waals surface area contributed by atoms with E-state index in [0.717, 1.165) is 0 Å². The van der Waals surface area contributed by atoms with Crippen LogP contribution in [-0.2, 0) is 22.1 Å². The van der Waals surface area contributed by atoms with Gasteiger partial charge >= 0.3 is 8.56 Å². The van der Waals surface area contributed by atoms with Crippen LogP contribution in [0.5, 0.6) is 0 Å². The quantitative estimate of drug-likeness (QED) is 0.255. The van der Waals surface area contributed by atoms with E-state index >= 15 is 0 Å². The first-order chi connectivity index (χ1) is 15.4. The van der Waals surface area contributed by atoms with Gasteiger partial charge in [-0.1, -0.05) is 36.4 Å². The van der Waals surface area contributed by atoms with Crippen LogP contribution in [0, 0.1) is 26.0 Å². The number of benzene rings is 3. The molecule has 3 aromatic carbocycles. The first kappa shape index (κ1) is 22.9. The van der Waals surface area contributed by atoms with Crippen molar-refractivity contribution in [1.82, 2.24) is 0 Å². The molecule has 0 amide bonds. The Kier molecular flexibility index (Phi) is 7.20. The van der Waals surface area contributed by atoms with E-state index in [9.17, 15) is 24.6 Å². The molecule has 0 aliphatic carbocycles. The van der Waals surface area contributed by atoms with Crippen LogP contribution in [0.4, 0.5) is 15.8 Å². The fourth-order valence-electron chi connectivity index (χ4n) is 3.12. The van der Waals surface area contributed by atoms with Crippen molar-refractivity contribution in [1.29, 1.82) is 0 Å². The van der Waals surface area contributed by atoms with Gasteiger partial charge in [0.25, 0.3) is 11.4 Å². The van der Waals surface area contributed by atoms with Crippen molar-refractivity contribution in [3.63, 3.8) is 0 Å². The number of nitro benzene ring substituents is 2. The van der Waals surface area contributed by atoms with Gasteiger partial charge in [-0.2, -0.15) is 0 Å². The first-order valence-corrected chi connectivity index (χ1v) is 11.4. The lowest BCUT2D eigenvalue weighted by atomic mass is 10.2. The molecule has 0 atom stereocenters. The highest BCUT2D eigenvalue weighted by atomic mass is 28.4. The van der Waals surface area contributed by atoms with Crippen molar-refractivity contribution in [3.05, 3.63) is 122 Å². The Hall–Kier alpha value is -3.73. The first-order valence-electron chi connectivity index (χ1n) is 9.48. The Bertz CT molecular complexity index is 1080. The van der Waals surface area contributed by atoms with Gasteiger partial charge in [-0.3, -0.25) is 20.2 Å². The van der Waals surface area contributed by atoms with Crippen LogP contribution < -0.4 is 5.19 Å². The molecule has 3 aromatic rings. The van der Waals surface area contributed by atoms with Gasteiger partial charge in [0.15, 0.2) is 0 Å². The summed E-state index contributed by atoms with van der Waals surface area (Å²) >= 11 is 0. The summed E-state index contributed by atoms with van der Waals surface area (Å²) in [5.41, 5.74) is 1.89. The smallest absolute Gasteiger partial charge is 0.383 e. The topological polar surface area (TPSA) is 105 Å². The molecule has 0 spiro atoms. The predicted octanol–water partition coefficient (Wildman–Crippen LogP) is 4.45. The summed E-state index contributed by atoms with van der Waals surface area (Å²) in [5, 5.41) is 23.2. The molecule has 0 fully saturated rings. The summed E-state index contributed by atoms with van der Waals surface area (Å²) in [5.74, 6) is -0.460. The third-order valence-electron chi connectivity index (χ3n) is 4.78. The second-order valence-electron chi connectivity index (χ2n) is 6.73. The Morgan fingerprint density at radius 3 is 1.66 bits per heavy atom. The van der Waals surface area contributed by atoms with Crippen LogP contribution in [0.2, 0.25) is 0 Å². The summed E-state index contributed by atoms with van der Waals surface area (Å²) in [7, 11) is -3.50. The Labute approximate surface area is 184 Å². The zero-order chi connectivity index (χ0) is 23.1. The Morgan fingerprint density at radius 2 is 1.25 bits per heavy atom. The monoisotopic (exact) mass is 454 g/mol. The van der Waals surface area contributed by atoms with Crippen LogP contribution in [-0.4, -0.2) is 18.4 Å². The van der Waals surface area contributed by atoms with E-state index in [1.165, 1.54) is 42.1 Å². The fraction of sp³-hybridized carbons (Fsp3) is 0.0909. The Balaban J connectivity index is 1.95. The van der Waals surface area contributed by atoms with Gasteiger partial charge in [0, 0.05) is 12.1 Å². The summed E-state index contributed by atoms with van der Waals surface area (Å²) in [6, 6.07) is 17.7. The lowest BCUT2D eigenvalue weighted by Gasteiger charge is -2.28. The molecule has 164 valence electrons. The van der Waals surface area contributed by atoms with Crippen LogP contribution in [0.15, 0.2) is 85.1 Å². The molecular weight excluding hydrogens is 435 g/mol. The van der Waals surface area contributed by atoms with E-state index in [0.29, 0.717) is 16.3 Å². The second kappa shape index (κ2) is 10.0. The van der Waals surface area contributed by atoms with Crippen molar-refractivity contribution in [2.75, 3.05) is 0 Å². The number of rotatable bonds is 10. The highest BCUT2D eigenvalue weighted by Gasteiger charge is 2.38. The van der Waals surface area contributed by atoms with Crippen LogP contribution >= 0.6 is 0 Å². The molecule has 0 saturated heterocycles. The minimum Gasteiger partial charge on any atom is -0.383 e. The molecule has 0 saturated carbocycles. The lowest BCUT2D eigenvalue weighted by molar-refractivity contribution is -0.385. The molecule has 0 heterocycles. The molecule has 8 nitrogen and oxygen atoms in total. The maximum Gasteiger partial charge on any atom is 0.399 e. The van der Waals surface area contributed by atoms with Gasteiger partial charge in [-0.05, 0) is 35.2 Å². The van der Waals surface area contributed by atoms with Crippen LogP contribution in [0.1, 0.15) is 11.1 Å². The minimum absolute atomic E-state index is 0.114. The van der Waals surface area contributed by atoms with Gasteiger partial charge in [0.2, 0.25) is 0 Å². The Morgan fingerprint density at radius 1 is 0.812 bits per heavy atom. The highest BCUT2D eigenvalue weighted by molar-refractivity contribution is 6.85. The van der Waals surface area contributed by atoms with E-state index in [-0.39, 0.29) is 24.6 Å². The number of hydrogen-bond donors (Lipinski definition) is 0. The maximum absolute atomic E-state index is 13.5. The van der Waals surface area contributed by atoms with E-state index in [1.807, 2.05) is 0 Å². The number of hydrogen-bond acceptors (Lipinski definition) is 6. The van der Waals surface area contributed by atoms with Crippen LogP contribution in [0.3, 0.4) is 0 Å². The molecule has 3 rings (SSSR count). The number of nitrogens with zero attached hydrogens (tertiary/aromatic N) is 2. The summed E-state index contributed by atoms with van der Waals surface area (Å²) in [6.07, 6.45) is 0. The second-order valence-corrected chi connectivity index (χ2v) is 9.63. The van der Waals surface area contributed by atoms with Gasteiger partial charge in [0.05, 0.1) is 34.2 Å². The van der Waals surface area contributed by atoms with Crippen molar-refractivity contribution in [2.45, 2.75) is 13.2 Å². The average molecular weight is 454 g/mol. The van der Waals surface area contributed by atoms with E-state index in [1.54, 1.807) is 36.4 Å². The van der Waals surface area contributed by atoms with Crippen LogP contribution in [0.25, 0.3) is 0 Å².